The summed E-state index contributed by atoms with van der Waals surface area (Å²) in [7, 11) is 4.09. The molecule has 1 fully saturated rings. The Morgan fingerprint density at radius 3 is 2.28 bits per heavy atom. The summed E-state index contributed by atoms with van der Waals surface area (Å²) in [5.41, 5.74) is 0.436. The summed E-state index contributed by atoms with van der Waals surface area (Å²) in [6, 6.07) is -0.773. The highest BCUT2D eigenvalue weighted by atomic mass is 16.2. The lowest BCUT2D eigenvalue weighted by molar-refractivity contribution is -0.858. The van der Waals surface area contributed by atoms with E-state index >= 15 is 0 Å². The van der Waals surface area contributed by atoms with Gasteiger partial charge >= 0.3 is 6.03 Å². The largest absolute Gasteiger partial charge is 0.340 e. The molecule has 7 heteroatoms. The molecule has 0 aliphatic carbocycles. The molecule has 0 saturated carbocycles. The van der Waals surface area contributed by atoms with Gasteiger partial charge in [-0.3, -0.25) is 25.2 Å². The number of nitrogens with one attached hydrogen (secondary N) is 3. The van der Waals surface area contributed by atoms with Crippen molar-refractivity contribution >= 4 is 23.6 Å². The molecule has 1 aliphatic rings. The second kappa shape index (κ2) is 6.25. The molecule has 1 rings (SSSR count). The van der Waals surface area contributed by atoms with E-state index in [0.29, 0.717) is 12.3 Å². The summed E-state index contributed by atoms with van der Waals surface area (Å²) in [6.07, 6.45) is 0.883. The van der Waals surface area contributed by atoms with Gasteiger partial charge in [-0.25, -0.2) is 4.79 Å². The van der Waals surface area contributed by atoms with Crippen LogP contribution in [0.5, 0.6) is 0 Å². The van der Waals surface area contributed by atoms with Crippen molar-refractivity contribution in [1.82, 2.24) is 10.6 Å². The zero-order valence-electron chi connectivity index (χ0n) is 10.9. The summed E-state index contributed by atoms with van der Waals surface area (Å²) in [5.74, 6) is -2.21. The number of imide groups is 2. The molecule has 7 nitrogen and oxygen atoms in total. The number of carbonyl (C=O) groups is 3. The molecule has 0 spiro atoms. The normalized spacial score (nSPS) is 18.0. The number of amides is 4. The zero-order valence-corrected chi connectivity index (χ0v) is 10.9. The van der Waals surface area contributed by atoms with E-state index in [4.69, 9.17) is 0 Å². The van der Waals surface area contributed by atoms with Crippen LogP contribution in [0.2, 0.25) is 0 Å². The van der Waals surface area contributed by atoms with Crippen molar-refractivity contribution in [2.75, 3.05) is 27.2 Å². The fraction of sp³-hybridized carbons (Fsp3) is 0.636. The smallest absolute Gasteiger partial charge is 0.328 e. The SMILES string of the molecule is CC(=NCCC[NH+](C)C)C1C(=O)NC(=O)NC1=O. The minimum Gasteiger partial charge on any atom is -0.340 e. The maximum absolute atomic E-state index is 11.5. The van der Waals surface area contributed by atoms with Crippen LogP contribution in [-0.2, 0) is 9.59 Å². The van der Waals surface area contributed by atoms with Gasteiger partial charge in [-0.2, -0.15) is 0 Å². The van der Waals surface area contributed by atoms with Gasteiger partial charge in [0, 0.05) is 18.7 Å². The molecule has 18 heavy (non-hydrogen) atoms. The Labute approximate surface area is 106 Å². The number of urea groups is 1. The van der Waals surface area contributed by atoms with Crippen molar-refractivity contribution < 1.29 is 19.3 Å². The standard InChI is InChI=1S/C11H18N4O3/c1-7(12-5-4-6-15(2)3)8-9(16)13-11(18)14-10(8)17/h8H,4-6H2,1-3H3,(H2,13,14,16,17,18)/p+1. The van der Waals surface area contributed by atoms with Crippen molar-refractivity contribution in [3.8, 4) is 0 Å². The average molecular weight is 255 g/mol. The fourth-order valence-corrected chi connectivity index (χ4v) is 1.68. The van der Waals surface area contributed by atoms with Crippen molar-refractivity contribution in [2.45, 2.75) is 13.3 Å². The molecule has 0 aromatic heterocycles. The van der Waals surface area contributed by atoms with Gasteiger partial charge in [0.05, 0.1) is 20.6 Å². The van der Waals surface area contributed by atoms with Crippen molar-refractivity contribution in [2.24, 2.45) is 10.9 Å². The third kappa shape index (κ3) is 3.92. The predicted molar refractivity (Wildman–Crippen MR) is 65.4 cm³/mol. The van der Waals surface area contributed by atoms with Gasteiger partial charge in [-0.1, -0.05) is 0 Å². The van der Waals surface area contributed by atoms with Crippen LogP contribution in [0.15, 0.2) is 4.99 Å². The van der Waals surface area contributed by atoms with Crippen LogP contribution < -0.4 is 15.5 Å². The van der Waals surface area contributed by atoms with E-state index in [-0.39, 0.29) is 0 Å². The average Bonchev–Trinajstić information content (AvgIpc) is 2.22. The molecule has 4 amide bonds. The van der Waals surface area contributed by atoms with Gasteiger partial charge in [-0.15, -0.1) is 0 Å². The van der Waals surface area contributed by atoms with Crippen molar-refractivity contribution in [3.63, 3.8) is 0 Å². The highest BCUT2D eigenvalue weighted by Gasteiger charge is 2.36. The lowest BCUT2D eigenvalue weighted by atomic mass is 10.0. The fourth-order valence-electron chi connectivity index (χ4n) is 1.68. The molecular weight excluding hydrogens is 236 g/mol. The topological polar surface area (TPSA) is 92.1 Å². The molecule has 0 bridgehead atoms. The third-order valence-corrected chi connectivity index (χ3v) is 2.61. The Hall–Kier alpha value is -1.76. The predicted octanol–water partition coefficient (Wildman–Crippen LogP) is -2.04. The van der Waals surface area contributed by atoms with E-state index in [1.807, 2.05) is 14.1 Å². The first-order valence-electron chi connectivity index (χ1n) is 5.87. The monoisotopic (exact) mass is 255 g/mol. The van der Waals surface area contributed by atoms with Gasteiger partial charge in [0.2, 0.25) is 11.8 Å². The Kier molecular flexibility index (Phi) is 4.96. The first kappa shape index (κ1) is 14.3. The summed E-state index contributed by atoms with van der Waals surface area (Å²) in [5, 5.41) is 4.11. The number of rotatable bonds is 5. The highest BCUT2D eigenvalue weighted by molar-refractivity contribution is 6.27. The van der Waals surface area contributed by atoms with Gasteiger partial charge < -0.3 is 4.90 Å². The van der Waals surface area contributed by atoms with E-state index in [1.54, 1.807) is 6.92 Å². The Morgan fingerprint density at radius 2 is 1.78 bits per heavy atom. The lowest BCUT2D eigenvalue weighted by Crippen LogP contribution is -3.05. The summed E-state index contributed by atoms with van der Waals surface area (Å²) in [6.45, 7) is 3.17. The molecule has 0 aromatic carbocycles. The maximum atomic E-state index is 11.5. The van der Waals surface area contributed by atoms with Crippen LogP contribution in [0.1, 0.15) is 13.3 Å². The maximum Gasteiger partial charge on any atom is 0.328 e. The second-order valence-electron chi connectivity index (χ2n) is 4.57. The molecule has 1 aliphatic heterocycles. The van der Waals surface area contributed by atoms with Crippen molar-refractivity contribution in [3.05, 3.63) is 0 Å². The Balaban J connectivity index is 2.56. The molecule has 0 aromatic rings. The third-order valence-electron chi connectivity index (χ3n) is 2.61. The Morgan fingerprint density at radius 1 is 1.22 bits per heavy atom. The van der Waals surface area contributed by atoms with E-state index in [0.717, 1.165) is 13.0 Å². The summed E-state index contributed by atoms with van der Waals surface area (Å²) < 4.78 is 0. The quantitative estimate of drug-likeness (QED) is 0.300. The van der Waals surface area contributed by atoms with Gasteiger partial charge in [0.25, 0.3) is 0 Å². The lowest BCUT2D eigenvalue weighted by Gasteiger charge is -2.20. The first-order valence-corrected chi connectivity index (χ1v) is 5.87. The first-order chi connectivity index (χ1) is 8.41. The minimum absolute atomic E-state index is 0.436. The number of barbiturate groups is 1. The van der Waals surface area contributed by atoms with Crippen LogP contribution in [0, 0.1) is 5.92 Å². The molecular formula is C11H19N4O3+. The van der Waals surface area contributed by atoms with Crippen LogP contribution in [0.4, 0.5) is 4.79 Å². The molecule has 0 unspecified atom stereocenters. The minimum atomic E-state index is -0.991. The van der Waals surface area contributed by atoms with Gasteiger partial charge in [0.15, 0.2) is 5.92 Å². The van der Waals surface area contributed by atoms with Crippen LogP contribution in [0.25, 0.3) is 0 Å². The van der Waals surface area contributed by atoms with Crippen LogP contribution >= 0.6 is 0 Å². The number of carbonyl (C=O) groups excluding carboxylic acids is 3. The second-order valence-corrected chi connectivity index (χ2v) is 4.57. The number of nitrogens with zero attached hydrogens (tertiary/aromatic N) is 1. The van der Waals surface area contributed by atoms with E-state index in [9.17, 15) is 14.4 Å². The number of quaternary nitrogens is 1. The summed E-state index contributed by atoms with van der Waals surface area (Å²) in [4.78, 5) is 39.5. The van der Waals surface area contributed by atoms with Gasteiger partial charge in [0.1, 0.15) is 0 Å². The summed E-state index contributed by atoms with van der Waals surface area (Å²) >= 11 is 0. The molecule has 3 N–H and O–H groups in total. The number of hydrogen-bond acceptors (Lipinski definition) is 4. The highest BCUT2D eigenvalue weighted by Crippen LogP contribution is 2.05. The molecule has 0 radical (unpaired) electrons. The Bertz CT molecular complexity index is 370. The van der Waals surface area contributed by atoms with Crippen molar-refractivity contribution in [1.29, 1.82) is 0 Å². The molecule has 1 heterocycles. The zero-order chi connectivity index (χ0) is 13.7. The molecule has 100 valence electrons. The van der Waals surface area contributed by atoms with Gasteiger partial charge in [-0.05, 0) is 6.92 Å². The van der Waals surface area contributed by atoms with E-state index in [1.165, 1.54) is 4.90 Å². The number of hydrogen-bond donors (Lipinski definition) is 3. The molecule has 0 atom stereocenters. The van der Waals surface area contributed by atoms with Crippen LogP contribution in [-0.4, -0.2) is 50.7 Å². The van der Waals surface area contributed by atoms with E-state index < -0.39 is 23.8 Å². The molecule has 1 saturated heterocycles. The number of aliphatic imine (C=N–C) groups is 1. The van der Waals surface area contributed by atoms with E-state index in [2.05, 4.69) is 15.6 Å². The van der Waals surface area contributed by atoms with Crippen LogP contribution in [0.3, 0.4) is 0 Å².